The molecule has 0 spiro atoms. The van der Waals surface area contributed by atoms with Crippen molar-refractivity contribution in [1.82, 2.24) is 0 Å². The fourth-order valence-corrected chi connectivity index (χ4v) is 2.14. The van der Waals surface area contributed by atoms with Crippen LogP contribution in [0, 0.1) is 0 Å². The van der Waals surface area contributed by atoms with E-state index in [0.29, 0.717) is 0 Å². The molecule has 1 unspecified atom stereocenters. The van der Waals surface area contributed by atoms with E-state index in [1.54, 1.807) is 0 Å². The number of hydrogen-bond acceptors (Lipinski definition) is 9. The van der Waals surface area contributed by atoms with Crippen molar-refractivity contribution < 1.29 is 137 Å². The van der Waals surface area contributed by atoms with Gasteiger partial charge in [-0.15, -0.1) is 0 Å². The molecule has 0 saturated carbocycles. The number of phosphoric ester groups is 1. The molecule has 0 aliphatic heterocycles. The van der Waals surface area contributed by atoms with E-state index in [2.05, 4.69) is 9.26 Å². The van der Waals surface area contributed by atoms with Crippen molar-refractivity contribution in [1.29, 1.82) is 0 Å². The third kappa shape index (κ3) is 11.1. The minimum atomic E-state index is -5.24. The second-order valence-electron chi connectivity index (χ2n) is 3.93. The fourth-order valence-electron chi connectivity index (χ4n) is 1.64. The molecule has 1 aliphatic carbocycles. The maximum atomic E-state index is 10.7. The summed E-state index contributed by atoms with van der Waals surface area (Å²) in [5.74, 6) is -3.29. The van der Waals surface area contributed by atoms with E-state index in [0.717, 1.165) is 6.08 Å². The molecular formula is C9H10Na3O10P. The van der Waals surface area contributed by atoms with Gasteiger partial charge >= 0.3 is 88.7 Å². The van der Waals surface area contributed by atoms with Crippen molar-refractivity contribution >= 4 is 19.8 Å². The van der Waals surface area contributed by atoms with Crippen LogP contribution in [0.5, 0.6) is 0 Å². The molecule has 114 valence electrons. The number of hydrogen-bond donors (Lipinski definition) is 2. The molecular weight excluding hydrogens is 368 g/mol. The van der Waals surface area contributed by atoms with Crippen LogP contribution >= 0.6 is 7.82 Å². The standard InChI is InChI=1S/C9H13O10P.3Na/c10-7(11)3-18-5-1-4(9(13)14)2-6(8(5)12)19-20(15,16)17;;;/h2,5-6,8,12H,1,3H2,(H,10,11)(H,13,14)(H2,15,16,17);;;/q;3*+1/p-3/t5-,6-,8-;;;/m1.../s1. The van der Waals surface area contributed by atoms with Crippen LogP contribution in [0.1, 0.15) is 6.42 Å². The van der Waals surface area contributed by atoms with Gasteiger partial charge in [-0.3, -0.25) is 4.57 Å². The van der Waals surface area contributed by atoms with Crippen LogP contribution in [0.2, 0.25) is 0 Å². The van der Waals surface area contributed by atoms with Gasteiger partial charge in [-0.25, -0.2) is 0 Å². The number of phosphoric acid groups is 1. The van der Waals surface area contributed by atoms with Crippen molar-refractivity contribution in [3.63, 3.8) is 0 Å². The SMILES string of the molecule is O=C([O-])CO[C@@H]1CC(C(=O)[O-])=C[C@@H](OP(=O)([O-])O)[C@@H]1O.[Na+].[Na+].[Na+]. The third-order valence-electron chi connectivity index (χ3n) is 2.44. The predicted octanol–water partition coefficient (Wildman–Crippen LogP) is -13.6. The first-order valence-corrected chi connectivity index (χ1v) is 6.73. The molecule has 0 heterocycles. The van der Waals surface area contributed by atoms with Gasteiger partial charge in [0, 0.05) is 6.42 Å². The molecule has 0 bridgehead atoms. The van der Waals surface area contributed by atoms with Crippen LogP contribution in [0.3, 0.4) is 0 Å². The van der Waals surface area contributed by atoms with Gasteiger partial charge in [-0.05, 0) is 11.6 Å². The second kappa shape index (κ2) is 13.0. The van der Waals surface area contributed by atoms with E-state index in [1.165, 1.54) is 0 Å². The predicted molar refractivity (Wildman–Crippen MR) is 53.2 cm³/mol. The molecule has 2 N–H and O–H groups in total. The van der Waals surface area contributed by atoms with Crippen LogP contribution in [0.15, 0.2) is 11.6 Å². The fraction of sp³-hybridized carbons (Fsp3) is 0.556. The summed E-state index contributed by atoms with van der Waals surface area (Å²) in [5, 5.41) is 30.7. The van der Waals surface area contributed by atoms with Crippen molar-refractivity contribution in [2.45, 2.75) is 24.7 Å². The first-order chi connectivity index (χ1) is 9.10. The Morgan fingerprint density at radius 3 is 2.22 bits per heavy atom. The van der Waals surface area contributed by atoms with E-state index in [4.69, 9.17) is 4.89 Å². The first-order valence-electron chi connectivity index (χ1n) is 5.24. The van der Waals surface area contributed by atoms with Crippen LogP contribution in [-0.2, 0) is 23.4 Å². The topological polar surface area (TPSA) is 179 Å². The Bertz CT molecular complexity index is 478. The van der Waals surface area contributed by atoms with Gasteiger partial charge < -0.3 is 44.0 Å². The van der Waals surface area contributed by atoms with Crippen molar-refractivity contribution in [2.75, 3.05) is 6.61 Å². The zero-order chi connectivity index (χ0) is 15.5. The maximum Gasteiger partial charge on any atom is 1.00 e. The van der Waals surface area contributed by atoms with E-state index in [1.807, 2.05) is 0 Å². The van der Waals surface area contributed by atoms with E-state index in [9.17, 15) is 34.4 Å². The molecule has 0 aromatic carbocycles. The minimum Gasteiger partial charge on any atom is -0.756 e. The zero-order valence-electron chi connectivity index (χ0n) is 12.8. The van der Waals surface area contributed by atoms with Gasteiger partial charge in [0.15, 0.2) is 0 Å². The maximum absolute atomic E-state index is 10.7. The Morgan fingerprint density at radius 2 is 1.83 bits per heavy atom. The molecule has 0 saturated heterocycles. The Balaban J connectivity index is -0.00000133. The number of aliphatic hydroxyl groups is 1. The molecule has 0 fully saturated rings. The van der Waals surface area contributed by atoms with Crippen molar-refractivity contribution in [3.8, 4) is 0 Å². The van der Waals surface area contributed by atoms with Crippen LogP contribution in [-0.4, -0.2) is 46.9 Å². The van der Waals surface area contributed by atoms with Crippen LogP contribution in [0.4, 0.5) is 0 Å². The number of ether oxygens (including phenoxy) is 1. The summed E-state index contributed by atoms with van der Waals surface area (Å²) in [5.41, 5.74) is -0.461. The smallest absolute Gasteiger partial charge is 0.756 e. The quantitative estimate of drug-likeness (QED) is 0.333. The van der Waals surface area contributed by atoms with Gasteiger partial charge in [0.25, 0.3) is 7.82 Å². The molecule has 0 aromatic rings. The average molecular weight is 378 g/mol. The molecule has 10 nitrogen and oxygen atoms in total. The van der Waals surface area contributed by atoms with Gasteiger partial charge in [0.1, 0.15) is 12.2 Å². The number of aliphatic hydroxyl groups excluding tert-OH is 1. The summed E-state index contributed by atoms with van der Waals surface area (Å²) < 4.78 is 19.4. The normalized spacial score (nSPS) is 25.5. The van der Waals surface area contributed by atoms with Gasteiger partial charge in [0.05, 0.1) is 24.6 Å². The van der Waals surface area contributed by atoms with Crippen LogP contribution in [0.25, 0.3) is 0 Å². The molecule has 23 heavy (non-hydrogen) atoms. The van der Waals surface area contributed by atoms with Crippen LogP contribution < -0.4 is 104 Å². The monoisotopic (exact) mass is 378 g/mol. The number of carboxylic acids is 2. The van der Waals surface area contributed by atoms with E-state index < -0.39 is 56.7 Å². The van der Waals surface area contributed by atoms with Gasteiger partial charge in [0.2, 0.25) is 0 Å². The van der Waals surface area contributed by atoms with Crippen molar-refractivity contribution in [3.05, 3.63) is 11.6 Å². The second-order valence-corrected chi connectivity index (χ2v) is 5.08. The number of carboxylic acid groups (broad SMARTS) is 2. The summed E-state index contributed by atoms with van der Waals surface area (Å²) in [4.78, 5) is 40.1. The Morgan fingerprint density at radius 1 is 1.30 bits per heavy atom. The third-order valence-corrected chi connectivity index (χ3v) is 2.95. The summed E-state index contributed by atoms with van der Waals surface area (Å²) in [6.45, 7) is -0.942. The number of carbonyl (C=O) groups excluding carboxylic acids is 2. The number of carbonyl (C=O) groups is 2. The molecule has 0 amide bonds. The minimum absolute atomic E-state index is 0. The van der Waals surface area contributed by atoms with E-state index >= 15 is 0 Å². The molecule has 4 atom stereocenters. The Kier molecular flexibility index (Phi) is 16.6. The van der Waals surface area contributed by atoms with E-state index in [-0.39, 0.29) is 88.7 Å². The molecule has 14 heteroatoms. The van der Waals surface area contributed by atoms with Crippen molar-refractivity contribution in [2.24, 2.45) is 0 Å². The zero-order valence-corrected chi connectivity index (χ0v) is 19.7. The van der Waals surface area contributed by atoms with Gasteiger partial charge in [-0.2, -0.15) is 0 Å². The number of rotatable bonds is 6. The Hall–Kier alpha value is 1.71. The number of aliphatic carboxylic acids is 2. The molecule has 1 rings (SSSR count). The summed E-state index contributed by atoms with van der Waals surface area (Å²) >= 11 is 0. The Labute approximate surface area is 197 Å². The molecule has 1 aliphatic rings. The summed E-state index contributed by atoms with van der Waals surface area (Å²) in [6.07, 6.45) is -4.50. The average Bonchev–Trinajstić information content (AvgIpc) is 2.27. The molecule has 0 aromatic heterocycles. The van der Waals surface area contributed by atoms with Gasteiger partial charge in [-0.1, -0.05) is 0 Å². The largest absolute Gasteiger partial charge is 1.00 e. The summed E-state index contributed by atoms with van der Waals surface area (Å²) in [7, 11) is -5.24. The summed E-state index contributed by atoms with van der Waals surface area (Å²) in [6, 6.07) is 0. The first kappa shape index (κ1) is 29.5. The molecule has 0 radical (unpaired) electrons.